The van der Waals surface area contributed by atoms with Gasteiger partial charge in [-0.15, -0.1) is 11.3 Å². The van der Waals surface area contributed by atoms with Crippen molar-refractivity contribution in [2.75, 3.05) is 6.61 Å². The molecule has 25 heavy (non-hydrogen) atoms. The maximum atomic E-state index is 12.4. The smallest absolute Gasteiger partial charge is 0.271 e. The molecule has 0 saturated heterocycles. The Kier molecular flexibility index (Phi) is 5.24. The number of fused-ring (bicyclic) bond motifs is 1. The van der Waals surface area contributed by atoms with E-state index < -0.39 is 0 Å². The second-order valence-corrected chi connectivity index (χ2v) is 7.35. The molecule has 7 heteroatoms. The standard InChI is InChI=1S/C18H18N2O3S2/c1-4-23-15-6-5-12(11(2)21)9-13(15)10-25-18-19-14-7-8-24-16(14)17(22)20(18)3/h5-9H,4,10H2,1-3H3. The SMILES string of the molecule is CCOc1ccc(C(C)=O)cc1CSc1nc2ccsc2c(=O)n1C. The number of carbonyl (C=O) groups excluding carboxylic acids is 1. The Morgan fingerprint density at radius 2 is 2.16 bits per heavy atom. The Hall–Kier alpha value is -2.12. The average molecular weight is 374 g/mol. The first-order valence-electron chi connectivity index (χ1n) is 7.85. The van der Waals surface area contributed by atoms with Crippen LogP contribution in [0.5, 0.6) is 5.75 Å². The molecule has 0 spiro atoms. The average Bonchev–Trinajstić information content (AvgIpc) is 3.06. The van der Waals surface area contributed by atoms with Gasteiger partial charge in [0.2, 0.25) is 0 Å². The van der Waals surface area contributed by atoms with Gasteiger partial charge in [0.25, 0.3) is 5.56 Å². The minimum absolute atomic E-state index is 0.0134. The van der Waals surface area contributed by atoms with Crippen molar-refractivity contribution in [2.24, 2.45) is 7.05 Å². The number of benzene rings is 1. The lowest BCUT2D eigenvalue weighted by Crippen LogP contribution is -2.18. The predicted molar refractivity (Wildman–Crippen MR) is 102 cm³/mol. The van der Waals surface area contributed by atoms with Crippen LogP contribution in [-0.4, -0.2) is 21.9 Å². The van der Waals surface area contributed by atoms with Crippen LogP contribution in [0.3, 0.4) is 0 Å². The first-order valence-corrected chi connectivity index (χ1v) is 9.71. The number of hydrogen-bond donors (Lipinski definition) is 0. The molecule has 3 aromatic rings. The van der Waals surface area contributed by atoms with Crippen molar-refractivity contribution in [3.8, 4) is 5.75 Å². The summed E-state index contributed by atoms with van der Waals surface area (Å²) in [6, 6.07) is 7.30. The van der Waals surface area contributed by atoms with E-state index in [1.807, 2.05) is 30.5 Å². The normalized spacial score (nSPS) is 11.0. The van der Waals surface area contributed by atoms with Crippen LogP contribution in [0.25, 0.3) is 10.2 Å². The number of rotatable bonds is 6. The fourth-order valence-electron chi connectivity index (χ4n) is 2.45. The van der Waals surface area contributed by atoms with E-state index >= 15 is 0 Å². The lowest BCUT2D eigenvalue weighted by molar-refractivity contribution is 0.101. The minimum atomic E-state index is -0.0370. The van der Waals surface area contributed by atoms with Gasteiger partial charge < -0.3 is 4.74 Å². The molecule has 0 aliphatic rings. The van der Waals surface area contributed by atoms with Crippen LogP contribution in [0.15, 0.2) is 39.6 Å². The molecular weight excluding hydrogens is 356 g/mol. The van der Waals surface area contributed by atoms with E-state index in [-0.39, 0.29) is 11.3 Å². The molecule has 0 bridgehead atoms. The van der Waals surface area contributed by atoms with E-state index in [2.05, 4.69) is 4.98 Å². The van der Waals surface area contributed by atoms with E-state index in [4.69, 9.17) is 4.74 Å². The number of carbonyl (C=O) groups is 1. The largest absolute Gasteiger partial charge is 0.494 e. The van der Waals surface area contributed by atoms with Crippen LogP contribution < -0.4 is 10.3 Å². The summed E-state index contributed by atoms with van der Waals surface area (Å²) in [4.78, 5) is 28.6. The van der Waals surface area contributed by atoms with Crippen molar-refractivity contribution in [2.45, 2.75) is 24.8 Å². The van der Waals surface area contributed by atoms with Crippen LogP contribution >= 0.6 is 23.1 Å². The van der Waals surface area contributed by atoms with Crippen molar-refractivity contribution in [3.63, 3.8) is 0 Å². The molecule has 0 unspecified atom stereocenters. The molecular formula is C18H18N2O3S2. The number of aromatic nitrogens is 2. The molecule has 0 aliphatic carbocycles. The molecule has 1 aromatic carbocycles. The fourth-order valence-corrected chi connectivity index (χ4v) is 4.20. The van der Waals surface area contributed by atoms with E-state index in [1.54, 1.807) is 24.6 Å². The number of thiophene rings is 1. The molecule has 0 fully saturated rings. The summed E-state index contributed by atoms with van der Waals surface area (Å²) in [5.41, 5.74) is 2.25. The van der Waals surface area contributed by atoms with Gasteiger partial charge in [-0.1, -0.05) is 11.8 Å². The number of hydrogen-bond acceptors (Lipinski definition) is 6. The number of nitrogens with zero attached hydrogens (tertiary/aromatic N) is 2. The third-order valence-corrected chi connectivity index (χ3v) is 5.74. The zero-order valence-corrected chi connectivity index (χ0v) is 15.9. The Labute approximate surface area is 153 Å². The van der Waals surface area contributed by atoms with Crippen molar-refractivity contribution in [3.05, 3.63) is 51.1 Å². The monoisotopic (exact) mass is 374 g/mol. The maximum absolute atomic E-state index is 12.4. The fraction of sp³-hybridized carbons (Fsp3) is 0.278. The third kappa shape index (κ3) is 3.62. The van der Waals surface area contributed by atoms with Gasteiger partial charge in [0.15, 0.2) is 10.9 Å². The van der Waals surface area contributed by atoms with E-state index in [1.165, 1.54) is 23.1 Å². The van der Waals surface area contributed by atoms with E-state index in [0.717, 1.165) is 16.8 Å². The Balaban J connectivity index is 1.93. The molecule has 2 aromatic heterocycles. The van der Waals surface area contributed by atoms with Gasteiger partial charge in [0.05, 0.1) is 12.1 Å². The van der Waals surface area contributed by atoms with Crippen molar-refractivity contribution >= 4 is 39.1 Å². The van der Waals surface area contributed by atoms with Crippen LogP contribution in [0.4, 0.5) is 0 Å². The lowest BCUT2D eigenvalue weighted by Gasteiger charge is -2.12. The van der Waals surface area contributed by atoms with Crippen molar-refractivity contribution in [1.82, 2.24) is 9.55 Å². The molecule has 0 aliphatic heterocycles. The summed E-state index contributed by atoms with van der Waals surface area (Å²) < 4.78 is 7.90. The molecule has 0 N–H and O–H groups in total. The van der Waals surface area contributed by atoms with Crippen LogP contribution in [0.1, 0.15) is 29.8 Å². The molecule has 2 heterocycles. The zero-order chi connectivity index (χ0) is 18.0. The van der Waals surface area contributed by atoms with Crippen molar-refractivity contribution in [1.29, 1.82) is 0 Å². The molecule has 0 radical (unpaired) electrons. The Bertz CT molecular complexity index is 992. The first kappa shape index (κ1) is 17.7. The second kappa shape index (κ2) is 7.41. The van der Waals surface area contributed by atoms with Gasteiger partial charge in [0, 0.05) is 23.9 Å². The van der Waals surface area contributed by atoms with Gasteiger partial charge in [-0.05, 0) is 43.5 Å². The summed E-state index contributed by atoms with van der Waals surface area (Å²) in [6.07, 6.45) is 0. The number of thioether (sulfide) groups is 1. The molecule has 5 nitrogen and oxygen atoms in total. The molecule has 0 saturated carbocycles. The second-order valence-electron chi connectivity index (χ2n) is 5.49. The van der Waals surface area contributed by atoms with Crippen LogP contribution in [0, 0.1) is 0 Å². The summed E-state index contributed by atoms with van der Waals surface area (Å²) >= 11 is 2.86. The Morgan fingerprint density at radius 1 is 1.36 bits per heavy atom. The van der Waals surface area contributed by atoms with Gasteiger partial charge in [-0.25, -0.2) is 4.98 Å². The summed E-state index contributed by atoms with van der Waals surface area (Å²) in [7, 11) is 1.73. The van der Waals surface area contributed by atoms with E-state index in [9.17, 15) is 9.59 Å². The van der Waals surface area contributed by atoms with Gasteiger partial charge >= 0.3 is 0 Å². The zero-order valence-electron chi connectivity index (χ0n) is 14.2. The number of ether oxygens (including phenoxy) is 1. The van der Waals surface area contributed by atoms with Crippen LogP contribution in [-0.2, 0) is 12.8 Å². The number of ketones is 1. The maximum Gasteiger partial charge on any atom is 0.271 e. The molecule has 0 atom stereocenters. The Morgan fingerprint density at radius 3 is 2.88 bits per heavy atom. The summed E-state index contributed by atoms with van der Waals surface area (Å²) in [5.74, 6) is 1.33. The highest BCUT2D eigenvalue weighted by Crippen LogP contribution is 2.29. The minimum Gasteiger partial charge on any atom is -0.494 e. The quantitative estimate of drug-likeness (QED) is 0.372. The highest BCUT2D eigenvalue weighted by Gasteiger charge is 2.13. The van der Waals surface area contributed by atoms with Crippen LogP contribution in [0.2, 0.25) is 0 Å². The van der Waals surface area contributed by atoms with Gasteiger partial charge in [-0.2, -0.15) is 0 Å². The molecule has 0 amide bonds. The number of Topliss-reactive ketones (excluding diaryl/α,β-unsaturated/α-hetero) is 1. The third-order valence-electron chi connectivity index (χ3n) is 3.77. The molecule has 3 rings (SSSR count). The van der Waals surface area contributed by atoms with E-state index in [0.29, 0.717) is 27.8 Å². The predicted octanol–water partition coefficient (Wildman–Crippen LogP) is 3.89. The summed E-state index contributed by atoms with van der Waals surface area (Å²) in [5, 5.41) is 2.52. The summed E-state index contributed by atoms with van der Waals surface area (Å²) in [6.45, 7) is 4.02. The lowest BCUT2D eigenvalue weighted by atomic mass is 10.1. The highest BCUT2D eigenvalue weighted by atomic mass is 32.2. The topological polar surface area (TPSA) is 61.2 Å². The van der Waals surface area contributed by atoms with Crippen molar-refractivity contribution < 1.29 is 9.53 Å². The molecule has 130 valence electrons. The first-order chi connectivity index (χ1) is 12.0. The van der Waals surface area contributed by atoms with Gasteiger partial charge in [0.1, 0.15) is 10.4 Å². The van der Waals surface area contributed by atoms with Gasteiger partial charge in [-0.3, -0.25) is 14.2 Å². The highest BCUT2D eigenvalue weighted by molar-refractivity contribution is 7.98.